The van der Waals surface area contributed by atoms with Crippen molar-refractivity contribution in [1.82, 2.24) is 5.32 Å². The van der Waals surface area contributed by atoms with Crippen LogP contribution >= 0.6 is 0 Å². The van der Waals surface area contributed by atoms with Crippen LogP contribution in [0.2, 0.25) is 0 Å². The number of rotatable bonds is 5. The molecule has 1 unspecified atom stereocenters. The smallest absolute Gasteiger partial charge is 0.106 e. The predicted molar refractivity (Wildman–Crippen MR) is 63.6 cm³/mol. The van der Waals surface area contributed by atoms with Gasteiger partial charge in [0, 0.05) is 6.04 Å². The fourth-order valence-corrected chi connectivity index (χ4v) is 2.58. The van der Waals surface area contributed by atoms with Crippen LogP contribution < -0.4 is 5.32 Å². The van der Waals surface area contributed by atoms with Crippen LogP contribution in [-0.4, -0.2) is 11.6 Å². The quantitative estimate of drug-likeness (QED) is 0.751. The molecule has 0 amide bonds. The molecule has 0 aromatic carbocycles. The summed E-state index contributed by atoms with van der Waals surface area (Å²) in [4.78, 5) is 0. The Hall–Kier alpha value is -0.550. The first-order chi connectivity index (χ1) is 7.26. The minimum atomic E-state index is -0.253. The van der Waals surface area contributed by atoms with Crippen molar-refractivity contribution in [2.75, 3.05) is 0 Å². The Morgan fingerprint density at radius 3 is 2.40 bits per heavy atom. The third-order valence-electron chi connectivity index (χ3n) is 3.58. The molecule has 1 fully saturated rings. The van der Waals surface area contributed by atoms with E-state index in [1.54, 1.807) is 0 Å². The first-order valence-electron chi connectivity index (χ1n) is 6.45. The monoisotopic (exact) mass is 208 g/mol. The van der Waals surface area contributed by atoms with Crippen LogP contribution in [0.25, 0.3) is 0 Å². The summed E-state index contributed by atoms with van der Waals surface area (Å²) in [6.45, 7) is 4.28. The lowest BCUT2D eigenvalue weighted by Crippen LogP contribution is -2.49. The molecule has 1 aliphatic rings. The fourth-order valence-electron chi connectivity index (χ4n) is 2.58. The molecule has 1 N–H and O–H groups in total. The summed E-state index contributed by atoms with van der Waals surface area (Å²) in [6.07, 6.45) is 9.54. The minimum Gasteiger partial charge on any atom is -0.297 e. The highest BCUT2D eigenvalue weighted by molar-refractivity contribution is 5.07. The molecule has 15 heavy (non-hydrogen) atoms. The second-order valence-electron chi connectivity index (χ2n) is 4.78. The van der Waals surface area contributed by atoms with E-state index in [9.17, 15) is 5.26 Å². The Kier molecular flexibility index (Phi) is 5.11. The Labute approximate surface area is 94.1 Å². The van der Waals surface area contributed by atoms with E-state index < -0.39 is 0 Å². The molecule has 0 spiro atoms. The third-order valence-corrected chi connectivity index (χ3v) is 3.58. The topological polar surface area (TPSA) is 35.8 Å². The van der Waals surface area contributed by atoms with Crippen LogP contribution in [-0.2, 0) is 0 Å². The Morgan fingerprint density at radius 2 is 1.93 bits per heavy atom. The van der Waals surface area contributed by atoms with Crippen LogP contribution in [0.3, 0.4) is 0 Å². The van der Waals surface area contributed by atoms with Gasteiger partial charge in [-0.15, -0.1) is 0 Å². The number of nitrogens with one attached hydrogen (secondary N) is 1. The lowest BCUT2D eigenvalue weighted by molar-refractivity contribution is 0.274. The highest BCUT2D eigenvalue weighted by Crippen LogP contribution is 2.23. The molecule has 0 aromatic heterocycles. The maximum absolute atomic E-state index is 9.33. The predicted octanol–water partition coefficient (Wildman–Crippen LogP) is 3.38. The molecule has 86 valence electrons. The highest BCUT2D eigenvalue weighted by Gasteiger charge is 2.29. The zero-order chi connectivity index (χ0) is 11.1. The SMILES string of the molecule is CCCC(C#N)(CC)NC1CCCCC1. The van der Waals surface area contributed by atoms with E-state index in [2.05, 4.69) is 25.2 Å². The Bertz CT molecular complexity index is 213. The lowest BCUT2D eigenvalue weighted by atomic mass is 9.87. The van der Waals surface area contributed by atoms with Gasteiger partial charge in [-0.25, -0.2) is 0 Å². The van der Waals surface area contributed by atoms with Gasteiger partial charge in [-0.2, -0.15) is 5.26 Å². The van der Waals surface area contributed by atoms with Crippen molar-refractivity contribution in [2.24, 2.45) is 0 Å². The van der Waals surface area contributed by atoms with Crippen LogP contribution in [0.4, 0.5) is 0 Å². The standard InChI is InChI=1S/C13H24N2/c1-3-10-13(4-2,11-14)15-12-8-6-5-7-9-12/h12,15H,3-10H2,1-2H3. The molecular weight excluding hydrogens is 184 g/mol. The number of nitriles is 1. The van der Waals surface area contributed by atoms with Gasteiger partial charge in [0.2, 0.25) is 0 Å². The maximum atomic E-state index is 9.33. The second kappa shape index (κ2) is 6.12. The average molecular weight is 208 g/mol. The first kappa shape index (κ1) is 12.5. The Morgan fingerprint density at radius 1 is 1.27 bits per heavy atom. The van der Waals surface area contributed by atoms with E-state index in [4.69, 9.17) is 0 Å². The molecular formula is C13H24N2. The van der Waals surface area contributed by atoms with Gasteiger partial charge >= 0.3 is 0 Å². The van der Waals surface area contributed by atoms with Gasteiger partial charge < -0.3 is 0 Å². The number of hydrogen-bond acceptors (Lipinski definition) is 2. The third kappa shape index (κ3) is 3.50. The molecule has 1 rings (SSSR count). The van der Waals surface area contributed by atoms with Crippen molar-refractivity contribution in [1.29, 1.82) is 5.26 Å². The van der Waals surface area contributed by atoms with Crippen molar-refractivity contribution in [3.8, 4) is 6.07 Å². The van der Waals surface area contributed by atoms with Crippen LogP contribution in [0.5, 0.6) is 0 Å². The molecule has 0 bridgehead atoms. The number of nitrogens with zero attached hydrogens (tertiary/aromatic N) is 1. The number of hydrogen-bond donors (Lipinski definition) is 1. The first-order valence-corrected chi connectivity index (χ1v) is 6.45. The van der Waals surface area contributed by atoms with Gasteiger partial charge in [0.15, 0.2) is 0 Å². The van der Waals surface area contributed by atoms with Gasteiger partial charge in [-0.1, -0.05) is 39.5 Å². The van der Waals surface area contributed by atoms with Gasteiger partial charge in [-0.3, -0.25) is 5.32 Å². The summed E-state index contributed by atoms with van der Waals surface area (Å²) in [5.74, 6) is 0. The van der Waals surface area contributed by atoms with Crippen molar-refractivity contribution >= 4 is 0 Å². The summed E-state index contributed by atoms with van der Waals surface area (Å²) in [5, 5.41) is 12.9. The molecule has 0 saturated heterocycles. The molecule has 0 aliphatic heterocycles. The molecule has 1 saturated carbocycles. The van der Waals surface area contributed by atoms with E-state index in [0.717, 1.165) is 19.3 Å². The largest absolute Gasteiger partial charge is 0.297 e. The van der Waals surface area contributed by atoms with E-state index >= 15 is 0 Å². The summed E-state index contributed by atoms with van der Waals surface area (Å²) in [6, 6.07) is 3.09. The summed E-state index contributed by atoms with van der Waals surface area (Å²) >= 11 is 0. The van der Waals surface area contributed by atoms with Crippen molar-refractivity contribution in [2.45, 2.75) is 76.8 Å². The van der Waals surface area contributed by atoms with Crippen LogP contribution in [0.1, 0.15) is 65.2 Å². The summed E-state index contributed by atoms with van der Waals surface area (Å²) in [7, 11) is 0. The summed E-state index contributed by atoms with van der Waals surface area (Å²) < 4.78 is 0. The molecule has 0 heterocycles. The average Bonchev–Trinajstić information content (AvgIpc) is 2.30. The molecule has 1 atom stereocenters. The van der Waals surface area contributed by atoms with Crippen molar-refractivity contribution < 1.29 is 0 Å². The van der Waals surface area contributed by atoms with Gasteiger partial charge in [-0.05, 0) is 25.7 Å². The minimum absolute atomic E-state index is 0.253. The molecule has 2 nitrogen and oxygen atoms in total. The zero-order valence-electron chi connectivity index (χ0n) is 10.2. The van der Waals surface area contributed by atoms with Crippen molar-refractivity contribution in [3.63, 3.8) is 0 Å². The Balaban J connectivity index is 2.52. The van der Waals surface area contributed by atoms with Gasteiger partial charge in [0.1, 0.15) is 5.54 Å². The molecule has 0 aromatic rings. The maximum Gasteiger partial charge on any atom is 0.106 e. The zero-order valence-corrected chi connectivity index (χ0v) is 10.2. The van der Waals surface area contributed by atoms with Gasteiger partial charge in [0.05, 0.1) is 6.07 Å². The molecule has 1 aliphatic carbocycles. The van der Waals surface area contributed by atoms with Crippen molar-refractivity contribution in [3.05, 3.63) is 0 Å². The molecule has 2 heteroatoms. The fraction of sp³-hybridized carbons (Fsp3) is 0.923. The molecule has 0 radical (unpaired) electrons. The van der Waals surface area contributed by atoms with E-state index in [0.29, 0.717) is 6.04 Å². The van der Waals surface area contributed by atoms with Crippen LogP contribution in [0, 0.1) is 11.3 Å². The lowest BCUT2D eigenvalue weighted by Gasteiger charge is -2.33. The van der Waals surface area contributed by atoms with E-state index in [1.807, 2.05) is 0 Å². The second-order valence-corrected chi connectivity index (χ2v) is 4.78. The van der Waals surface area contributed by atoms with E-state index in [-0.39, 0.29) is 5.54 Å². The van der Waals surface area contributed by atoms with Gasteiger partial charge in [0.25, 0.3) is 0 Å². The normalized spacial score (nSPS) is 21.9. The summed E-state index contributed by atoms with van der Waals surface area (Å²) in [5.41, 5.74) is -0.253. The van der Waals surface area contributed by atoms with Crippen LogP contribution in [0.15, 0.2) is 0 Å². The highest BCUT2D eigenvalue weighted by atomic mass is 15.0. The van der Waals surface area contributed by atoms with E-state index in [1.165, 1.54) is 32.1 Å².